The second-order valence-electron chi connectivity index (χ2n) is 7.70. The summed E-state index contributed by atoms with van der Waals surface area (Å²) in [4.78, 5) is 45.8. The Morgan fingerprint density at radius 2 is 1.71 bits per heavy atom. The summed E-state index contributed by atoms with van der Waals surface area (Å²) in [5.41, 5.74) is 1.45. The average Bonchev–Trinajstić information content (AvgIpc) is 2.82. The fourth-order valence-electron chi connectivity index (χ4n) is 2.91. The van der Waals surface area contributed by atoms with Crippen molar-refractivity contribution in [1.29, 1.82) is 0 Å². The van der Waals surface area contributed by atoms with Crippen LogP contribution in [-0.2, 0) is 4.79 Å². The summed E-state index contributed by atoms with van der Waals surface area (Å²) in [6, 6.07) is 8.27. The Morgan fingerprint density at radius 1 is 1.11 bits per heavy atom. The number of nitro benzene ring substituents is 2. The fourth-order valence-corrected chi connectivity index (χ4v) is 2.91. The normalized spacial score (nSPS) is 11.5. The molecule has 2 amide bonds. The van der Waals surface area contributed by atoms with Gasteiger partial charge in [-0.1, -0.05) is 19.8 Å². The molecule has 0 aliphatic carbocycles. The first-order valence-corrected chi connectivity index (χ1v) is 10.3. The maximum absolute atomic E-state index is 12.7. The lowest BCUT2D eigenvalue weighted by molar-refractivity contribution is -0.394. The van der Waals surface area contributed by atoms with E-state index in [4.69, 9.17) is 11.2 Å². The van der Waals surface area contributed by atoms with E-state index in [9.17, 15) is 29.8 Å². The molecule has 12 heteroatoms. The van der Waals surface area contributed by atoms with Gasteiger partial charge >= 0.3 is 0 Å². The van der Waals surface area contributed by atoms with Crippen LogP contribution in [0.15, 0.2) is 47.6 Å². The SMILES string of the molecule is C#CCOc1ccc(/C=N\NC(=O)[C@@H](CC(C)C)NC(=O)c2cc([N+](=O)[O-])cc([N+](=O)[O-])c2)cc1. The number of terminal acetylenes is 1. The minimum atomic E-state index is -1.04. The first kappa shape index (κ1) is 26.5. The summed E-state index contributed by atoms with van der Waals surface area (Å²) >= 11 is 0. The third-order valence-electron chi connectivity index (χ3n) is 4.51. The quantitative estimate of drug-likeness (QED) is 0.215. The molecule has 1 atom stereocenters. The molecule has 0 saturated carbocycles. The van der Waals surface area contributed by atoms with Crippen LogP contribution in [-0.4, -0.2) is 40.5 Å². The van der Waals surface area contributed by atoms with Crippen molar-refractivity contribution in [1.82, 2.24) is 10.7 Å². The molecular formula is C23H23N5O7. The molecule has 0 radical (unpaired) electrons. The van der Waals surface area contributed by atoms with Crippen LogP contribution in [0.4, 0.5) is 11.4 Å². The summed E-state index contributed by atoms with van der Waals surface area (Å²) in [6.07, 6.45) is 6.76. The topological polar surface area (TPSA) is 166 Å². The predicted molar refractivity (Wildman–Crippen MR) is 127 cm³/mol. The van der Waals surface area contributed by atoms with Gasteiger partial charge in [-0.2, -0.15) is 5.10 Å². The van der Waals surface area contributed by atoms with Crippen LogP contribution in [0.5, 0.6) is 5.75 Å². The minimum absolute atomic E-state index is 0.00923. The molecule has 35 heavy (non-hydrogen) atoms. The van der Waals surface area contributed by atoms with Crippen LogP contribution in [0, 0.1) is 38.5 Å². The number of non-ortho nitro benzene ring substituents is 2. The molecule has 0 aromatic heterocycles. The van der Waals surface area contributed by atoms with Gasteiger partial charge in [0, 0.05) is 12.1 Å². The van der Waals surface area contributed by atoms with Crippen molar-refractivity contribution in [3.63, 3.8) is 0 Å². The molecule has 2 N–H and O–H groups in total. The smallest absolute Gasteiger partial charge is 0.277 e. The zero-order valence-electron chi connectivity index (χ0n) is 19.0. The van der Waals surface area contributed by atoms with E-state index in [0.29, 0.717) is 11.3 Å². The molecule has 0 aliphatic rings. The number of ether oxygens (including phenoxy) is 1. The van der Waals surface area contributed by atoms with E-state index in [-0.39, 0.29) is 24.5 Å². The van der Waals surface area contributed by atoms with Crippen molar-refractivity contribution in [2.75, 3.05) is 6.61 Å². The summed E-state index contributed by atoms with van der Waals surface area (Å²) in [6.45, 7) is 3.80. The molecule has 0 saturated heterocycles. The zero-order valence-corrected chi connectivity index (χ0v) is 19.0. The molecule has 2 aromatic carbocycles. The number of hydrazone groups is 1. The Kier molecular flexibility index (Phi) is 9.41. The minimum Gasteiger partial charge on any atom is -0.481 e. The number of carbonyl (C=O) groups excluding carboxylic acids is 2. The molecule has 12 nitrogen and oxygen atoms in total. The molecule has 0 fully saturated rings. The van der Waals surface area contributed by atoms with Gasteiger partial charge in [0.25, 0.3) is 23.2 Å². The fraction of sp³-hybridized carbons (Fsp3) is 0.261. The first-order chi connectivity index (χ1) is 16.6. The number of nitrogens with zero attached hydrogens (tertiary/aromatic N) is 3. The Balaban J connectivity index is 2.12. The monoisotopic (exact) mass is 481 g/mol. The van der Waals surface area contributed by atoms with E-state index in [1.807, 2.05) is 13.8 Å². The van der Waals surface area contributed by atoms with Crippen molar-refractivity contribution < 1.29 is 24.2 Å². The lowest BCUT2D eigenvalue weighted by Gasteiger charge is -2.19. The van der Waals surface area contributed by atoms with Gasteiger partial charge in [-0.05, 0) is 42.2 Å². The van der Waals surface area contributed by atoms with Crippen molar-refractivity contribution in [3.8, 4) is 18.1 Å². The average molecular weight is 481 g/mol. The standard InChI is InChI=1S/C23H23N5O7/c1-4-9-35-20-7-5-16(6-8-20)14-24-26-23(30)21(10-15(2)3)25-22(29)17-11-18(27(31)32)13-19(12-17)28(33)34/h1,5-8,11-15,21H,9-10H2,2-3H3,(H,25,29)(H,26,30)/b24-14-/t21-/m1/s1. The van der Waals surface area contributed by atoms with Gasteiger partial charge < -0.3 is 10.1 Å². The predicted octanol–water partition coefficient (Wildman–Crippen LogP) is 2.81. The molecule has 0 aliphatic heterocycles. The van der Waals surface area contributed by atoms with Crippen LogP contribution in [0.3, 0.4) is 0 Å². The van der Waals surface area contributed by atoms with Gasteiger partial charge in [0.15, 0.2) is 0 Å². The number of nitro groups is 2. The highest BCUT2D eigenvalue weighted by atomic mass is 16.6. The van der Waals surface area contributed by atoms with Gasteiger partial charge in [0.2, 0.25) is 0 Å². The number of carbonyl (C=O) groups is 2. The number of amides is 2. The molecular weight excluding hydrogens is 458 g/mol. The third kappa shape index (κ3) is 8.25. The Labute approximate surface area is 200 Å². The lowest BCUT2D eigenvalue weighted by Crippen LogP contribution is -2.46. The van der Waals surface area contributed by atoms with Crippen LogP contribution in [0.2, 0.25) is 0 Å². The van der Waals surface area contributed by atoms with Gasteiger partial charge in [-0.15, -0.1) is 6.42 Å². The molecule has 0 spiro atoms. The Hall–Kier alpha value is -4.79. The lowest BCUT2D eigenvalue weighted by atomic mass is 10.0. The van der Waals surface area contributed by atoms with Gasteiger partial charge in [0.1, 0.15) is 18.4 Å². The molecule has 0 bridgehead atoms. The summed E-state index contributed by atoms with van der Waals surface area (Å²) in [7, 11) is 0. The maximum Gasteiger partial charge on any atom is 0.277 e. The Bertz CT molecular complexity index is 1140. The molecule has 182 valence electrons. The van der Waals surface area contributed by atoms with Crippen LogP contribution in [0.1, 0.15) is 36.2 Å². The second kappa shape index (κ2) is 12.4. The van der Waals surface area contributed by atoms with Crippen LogP contribution >= 0.6 is 0 Å². The van der Waals surface area contributed by atoms with Crippen LogP contribution in [0.25, 0.3) is 0 Å². The summed E-state index contributed by atoms with van der Waals surface area (Å²) < 4.78 is 5.27. The molecule has 0 heterocycles. The van der Waals surface area contributed by atoms with Crippen molar-refractivity contribution >= 4 is 29.4 Å². The first-order valence-electron chi connectivity index (χ1n) is 10.3. The number of hydrogen-bond donors (Lipinski definition) is 2. The molecule has 2 aromatic rings. The Morgan fingerprint density at radius 3 is 2.23 bits per heavy atom. The highest BCUT2D eigenvalue weighted by Crippen LogP contribution is 2.23. The molecule has 2 rings (SSSR count). The van der Waals surface area contributed by atoms with Crippen LogP contribution < -0.4 is 15.5 Å². The summed E-state index contributed by atoms with van der Waals surface area (Å²) in [5.74, 6) is 1.42. The molecule has 0 unspecified atom stereocenters. The van der Waals surface area contributed by atoms with Crippen molar-refractivity contribution in [3.05, 3.63) is 73.8 Å². The van der Waals surface area contributed by atoms with Gasteiger partial charge in [-0.3, -0.25) is 29.8 Å². The maximum atomic E-state index is 12.7. The van der Waals surface area contributed by atoms with E-state index in [2.05, 4.69) is 21.8 Å². The number of benzene rings is 2. The van der Waals surface area contributed by atoms with Gasteiger partial charge in [0.05, 0.1) is 27.7 Å². The number of hydrogen-bond acceptors (Lipinski definition) is 8. The zero-order chi connectivity index (χ0) is 26.0. The number of rotatable bonds is 11. The van der Waals surface area contributed by atoms with E-state index in [1.54, 1.807) is 24.3 Å². The van der Waals surface area contributed by atoms with E-state index >= 15 is 0 Å². The van der Waals surface area contributed by atoms with Gasteiger partial charge in [-0.25, -0.2) is 5.43 Å². The number of nitrogens with one attached hydrogen (secondary N) is 2. The summed E-state index contributed by atoms with van der Waals surface area (Å²) in [5, 5.41) is 28.5. The highest BCUT2D eigenvalue weighted by molar-refractivity contribution is 5.98. The van der Waals surface area contributed by atoms with E-state index < -0.39 is 39.1 Å². The van der Waals surface area contributed by atoms with Crippen molar-refractivity contribution in [2.45, 2.75) is 26.3 Å². The largest absolute Gasteiger partial charge is 0.481 e. The van der Waals surface area contributed by atoms with E-state index in [1.165, 1.54) is 6.21 Å². The van der Waals surface area contributed by atoms with E-state index in [0.717, 1.165) is 18.2 Å². The second-order valence-corrected chi connectivity index (χ2v) is 7.70. The van der Waals surface area contributed by atoms with Crippen molar-refractivity contribution in [2.24, 2.45) is 11.0 Å². The third-order valence-corrected chi connectivity index (χ3v) is 4.51. The highest BCUT2D eigenvalue weighted by Gasteiger charge is 2.25.